The van der Waals surface area contributed by atoms with E-state index in [1.54, 1.807) is 65.8 Å². The number of amides is 2. The zero-order chi connectivity index (χ0) is 35.6. The van der Waals surface area contributed by atoms with Gasteiger partial charge in [0.05, 0.1) is 22.8 Å². The van der Waals surface area contributed by atoms with E-state index in [0.717, 1.165) is 22.7 Å². The van der Waals surface area contributed by atoms with Crippen LogP contribution in [0.25, 0.3) is 5.69 Å². The van der Waals surface area contributed by atoms with E-state index >= 15 is 0 Å². The summed E-state index contributed by atoms with van der Waals surface area (Å²) in [4.78, 5) is 40.2. The quantitative estimate of drug-likeness (QED) is 0.131. The molecule has 6 aromatic rings. The molecule has 0 aliphatic carbocycles. The Balaban J connectivity index is 1.26. The fraction of sp³-hybridized carbons (Fsp3) is 0.0606. The van der Waals surface area contributed by atoms with Crippen molar-refractivity contribution in [1.29, 1.82) is 0 Å². The Labute approximate surface area is 294 Å². The highest BCUT2D eigenvalue weighted by Crippen LogP contribution is 2.28. The molecule has 3 heterocycles. The lowest BCUT2D eigenvalue weighted by Gasteiger charge is -2.14. The lowest BCUT2D eigenvalue weighted by molar-refractivity contribution is 0.101. The second kappa shape index (κ2) is 13.8. The van der Waals surface area contributed by atoms with Gasteiger partial charge in [-0.2, -0.15) is 0 Å². The van der Waals surface area contributed by atoms with Crippen LogP contribution in [-0.4, -0.2) is 38.0 Å². The number of hydrogen-bond acceptors (Lipinski definition) is 9. The van der Waals surface area contributed by atoms with E-state index in [2.05, 4.69) is 20.1 Å². The first kappa shape index (κ1) is 34.4. The number of sulfonamides is 2. The predicted octanol–water partition coefficient (Wildman–Crippen LogP) is 5.71. The molecule has 2 amide bonds. The Morgan fingerprint density at radius 3 is 1.76 bits per heavy atom. The number of thiophene rings is 2. The summed E-state index contributed by atoms with van der Waals surface area (Å²) in [5.41, 5.74) is 0.944. The number of carbonyl (C=O) groups excluding carboxylic acids is 2. The summed E-state index contributed by atoms with van der Waals surface area (Å²) < 4.78 is 59.9. The summed E-state index contributed by atoms with van der Waals surface area (Å²) in [5.74, 6) is -1.32. The summed E-state index contributed by atoms with van der Waals surface area (Å²) in [6.07, 6.45) is 0. The van der Waals surface area contributed by atoms with Crippen LogP contribution in [0, 0.1) is 6.92 Å². The van der Waals surface area contributed by atoms with Crippen molar-refractivity contribution in [2.45, 2.75) is 15.3 Å². The van der Waals surface area contributed by atoms with E-state index in [1.165, 1.54) is 59.3 Å². The van der Waals surface area contributed by atoms with Gasteiger partial charge >= 0.3 is 0 Å². The van der Waals surface area contributed by atoms with Gasteiger partial charge in [0.15, 0.2) is 0 Å². The van der Waals surface area contributed by atoms with Crippen LogP contribution in [0.1, 0.15) is 26.4 Å². The van der Waals surface area contributed by atoms with Gasteiger partial charge in [-0.15, -0.1) is 22.7 Å². The SMILES string of the molecule is Cc1c(NC(=O)c2cccc(NC(=O)c3cc(NS(=O)(=O)c4cccs4)cc(NS(=O)(=O)c4cccs4)c3)c2)c(=O)n(-c2ccccc2)n1C. The second-order valence-corrected chi connectivity index (χ2v) is 16.5. The van der Waals surface area contributed by atoms with Gasteiger partial charge in [-0.3, -0.25) is 28.5 Å². The van der Waals surface area contributed by atoms with Crippen molar-refractivity contribution in [3.05, 3.63) is 135 Å². The summed E-state index contributed by atoms with van der Waals surface area (Å²) in [6, 6.07) is 24.7. The zero-order valence-electron chi connectivity index (χ0n) is 26.3. The van der Waals surface area contributed by atoms with E-state index in [0.29, 0.717) is 11.4 Å². The minimum absolute atomic E-state index is 0.0212. The highest BCUT2D eigenvalue weighted by molar-refractivity contribution is 7.95. The monoisotopic (exact) mass is 748 g/mol. The Morgan fingerprint density at radius 1 is 0.640 bits per heavy atom. The molecule has 4 N–H and O–H groups in total. The Bertz CT molecular complexity index is 2410. The lowest BCUT2D eigenvalue weighted by Crippen LogP contribution is -2.23. The molecule has 0 spiro atoms. The van der Waals surface area contributed by atoms with Crippen LogP contribution in [0.2, 0.25) is 0 Å². The van der Waals surface area contributed by atoms with Crippen molar-refractivity contribution in [2.24, 2.45) is 7.05 Å². The molecule has 0 aliphatic heterocycles. The number of para-hydroxylation sites is 1. The average Bonchev–Trinajstić information content (AvgIpc) is 3.86. The number of benzene rings is 3. The van der Waals surface area contributed by atoms with E-state index < -0.39 is 37.4 Å². The first-order chi connectivity index (χ1) is 23.8. The third-order valence-corrected chi connectivity index (χ3v) is 13.0. The minimum atomic E-state index is -4.05. The molecule has 13 nitrogen and oxygen atoms in total. The second-order valence-electron chi connectivity index (χ2n) is 10.8. The molecule has 0 saturated carbocycles. The van der Waals surface area contributed by atoms with E-state index in [-0.39, 0.29) is 42.3 Å². The Kier molecular flexibility index (Phi) is 9.48. The van der Waals surface area contributed by atoms with Gasteiger partial charge in [-0.05, 0) is 78.3 Å². The number of hydrogen-bond donors (Lipinski definition) is 4. The third-order valence-electron chi connectivity index (χ3n) is 7.39. The van der Waals surface area contributed by atoms with Gasteiger partial charge in [0.25, 0.3) is 37.4 Å². The molecule has 0 fully saturated rings. The highest BCUT2D eigenvalue weighted by Gasteiger charge is 2.22. The van der Waals surface area contributed by atoms with Gasteiger partial charge < -0.3 is 10.6 Å². The van der Waals surface area contributed by atoms with Crippen molar-refractivity contribution in [1.82, 2.24) is 9.36 Å². The molecule has 3 aromatic heterocycles. The lowest BCUT2D eigenvalue weighted by atomic mass is 10.1. The van der Waals surface area contributed by atoms with Crippen LogP contribution in [0.15, 0.2) is 121 Å². The molecule has 0 unspecified atom stereocenters. The van der Waals surface area contributed by atoms with Gasteiger partial charge in [0.2, 0.25) is 0 Å². The fourth-order valence-corrected chi connectivity index (χ4v) is 9.03. The van der Waals surface area contributed by atoms with Crippen LogP contribution in [0.5, 0.6) is 0 Å². The van der Waals surface area contributed by atoms with Crippen LogP contribution in [-0.2, 0) is 27.1 Å². The van der Waals surface area contributed by atoms with Crippen LogP contribution < -0.4 is 25.6 Å². The van der Waals surface area contributed by atoms with Crippen molar-refractivity contribution in [3.63, 3.8) is 0 Å². The summed E-state index contributed by atoms with van der Waals surface area (Å²) >= 11 is 1.98. The molecule has 0 atom stereocenters. The molecular weight excluding hydrogens is 721 g/mol. The van der Waals surface area contributed by atoms with E-state index in [4.69, 9.17) is 0 Å². The normalized spacial score (nSPS) is 11.6. The molecule has 6 rings (SSSR count). The number of nitrogens with zero attached hydrogens (tertiary/aromatic N) is 2. The largest absolute Gasteiger partial charge is 0.322 e. The van der Waals surface area contributed by atoms with Crippen molar-refractivity contribution in [2.75, 3.05) is 20.1 Å². The highest BCUT2D eigenvalue weighted by atomic mass is 32.3. The predicted molar refractivity (Wildman–Crippen MR) is 195 cm³/mol. The molecular formula is C33H28N6O7S4. The summed E-state index contributed by atoms with van der Waals surface area (Å²) in [6.45, 7) is 1.70. The van der Waals surface area contributed by atoms with Gasteiger partial charge in [0.1, 0.15) is 14.1 Å². The maximum atomic E-state index is 13.5. The van der Waals surface area contributed by atoms with Gasteiger partial charge in [-0.1, -0.05) is 36.4 Å². The van der Waals surface area contributed by atoms with Crippen LogP contribution in [0.3, 0.4) is 0 Å². The summed E-state index contributed by atoms with van der Waals surface area (Å²) in [7, 11) is -6.39. The number of nitrogens with one attached hydrogen (secondary N) is 4. The van der Waals surface area contributed by atoms with E-state index in [9.17, 15) is 31.2 Å². The molecule has 0 saturated heterocycles. The number of rotatable bonds is 11. The van der Waals surface area contributed by atoms with Crippen molar-refractivity contribution >= 4 is 77.3 Å². The smallest absolute Gasteiger partial charge is 0.295 e. The molecule has 256 valence electrons. The zero-order valence-corrected chi connectivity index (χ0v) is 29.5. The maximum absolute atomic E-state index is 13.5. The Morgan fingerprint density at radius 2 is 1.20 bits per heavy atom. The average molecular weight is 749 g/mol. The third kappa shape index (κ3) is 7.25. The maximum Gasteiger partial charge on any atom is 0.295 e. The van der Waals surface area contributed by atoms with Crippen LogP contribution >= 0.6 is 22.7 Å². The van der Waals surface area contributed by atoms with Gasteiger partial charge in [-0.25, -0.2) is 21.5 Å². The molecule has 17 heteroatoms. The standard InChI is InChI=1S/C33H28N6O7S4/c1-21-30(33(42)39(38(21)2)27-11-4-3-5-12-27)35-31(40)22-9-6-10-24(17-22)34-32(41)23-18-25(36-49(43,44)28-13-7-15-47-28)20-26(19-23)37-50(45,46)29-14-8-16-48-29/h3-20,36-37H,1-2H3,(H,34,41)(H,35,40). The number of anilines is 4. The molecule has 0 bridgehead atoms. The minimum Gasteiger partial charge on any atom is -0.322 e. The molecule has 3 aromatic carbocycles. The van der Waals surface area contributed by atoms with Gasteiger partial charge in [0, 0.05) is 23.9 Å². The number of carbonyl (C=O) groups is 2. The molecule has 50 heavy (non-hydrogen) atoms. The van der Waals surface area contributed by atoms with Crippen LogP contribution in [0.4, 0.5) is 22.7 Å². The van der Waals surface area contributed by atoms with Crippen molar-refractivity contribution < 1.29 is 26.4 Å². The number of aromatic nitrogens is 2. The van der Waals surface area contributed by atoms with E-state index in [1.807, 2.05) is 6.07 Å². The van der Waals surface area contributed by atoms with Crippen molar-refractivity contribution in [3.8, 4) is 5.69 Å². The first-order valence-electron chi connectivity index (χ1n) is 14.7. The fourth-order valence-electron chi connectivity index (χ4n) is 4.96. The summed E-state index contributed by atoms with van der Waals surface area (Å²) in [5, 5.41) is 8.54. The topological polar surface area (TPSA) is 177 Å². The molecule has 0 radical (unpaired) electrons. The first-order valence-corrected chi connectivity index (χ1v) is 19.4. The Hall–Kier alpha value is -5.49. The molecule has 0 aliphatic rings.